The zero-order valence-electron chi connectivity index (χ0n) is 7.53. The maximum absolute atomic E-state index is 13.1. The van der Waals surface area contributed by atoms with Crippen molar-refractivity contribution in [2.24, 2.45) is 5.84 Å². The molecule has 0 saturated heterocycles. The standard InChI is InChI=1S/C8H11FN4O/c9-6-4-11-8(13-10)12-7(6)14-5-2-1-3-5/h4-5H,1-3,10H2,(H,11,12,13). The molecule has 0 unspecified atom stereocenters. The van der Waals surface area contributed by atoms with E-state index in [2.05, 4.69) is 15.4 Å². The normalized spacial score (nSPS) is 16.1. The summed E-state index contributed by atoms with van der Waals surface area (Å²) in [5, 5.41) is 0. The van der Waals surface area contributed by atoms with Gasteiger partial charge in [0, 0.05) is 0 Å². The lowest BCUT2D eigenvalue weighted by Crippen LogP contribution is -2.25. The summed E-state index contributed by atoms with van der Waals surface area (Å²) in [5.74, 6) is 4.66. The highest BCUT2D eigenvalue weighted by molar-refractivity contribution is 5.26. The molecule has 1 aromatic heterocycles. The second-order valence-corrected chi connectivity index (χ2v) is 3.16. The van der Waals surface area contributed by atoms with Gasteiger partial charge in [0.2, 0.25) is 11.8 Å². The summed E-state index contributed by atoms with van der Waals surface area (Å²) in [7, 11) is 0. The predicted octanol–water partition coefficient (Wildman–Crippen LogP) is 0.833. The molecule has 0 spiro atoms. The van der Waals surface area contributed by atoms with Gasteiger partial charge in [-0.2, -0.15) is 9.37 Å². The Morgan fingerprint density at radius 3 is 2.93 bits per heavy atom. The number of nitrogens with zero attached hydrogens (tertiary/aromatic N) is 2. The average molecular weight is 198 g/mol. The number of nitrogen functional groups attached to an aromatic ring is 1. The van der Waals surface area contributed by atoms with Crippen molar-refractivity contribution in [2.75, 3.05) is 5.43 Å². The van der Waals surface area contributed by atoms with Gasteiger partial charge in [0.25, 0.3) is 5.88 Å². The number of ether oxygens (including phenoxy) is 1. The number of aromatic nitrogens is 2. The second-order valence-electron chi connectivity index (χ2n) is 3.16. The first-order chi connectivity index (χ1) is 6.79. The second kappa shape index (κ2) is 3.75. The Kier molecular flexibility index (Phi) is 2.45. The molecule has 1 fully saturated rings. The van der Waals surface area contributed by atoms with Crippen molar-refractivity contribution in [1.82, 2.24) is 9.97 Å². The first-order valence-electron chi connectivity index (χ1n) is 4.45. The van der Waals surface area contributed by atoms with Crippen LogP contribution in [0.1, 0.15) is 19.3 Å². The summed E-state index contributed by atoms with van der Waals surface area (Å²) >= 11 is 0. The number of anilines is 1. The van der Waals surface area contributed by atoms with Gasteiger partial charge < -0.3 is 4.74 Å². The van der Waals surface area contributed by atoms with Crippen LogP contribution in [0, 0.1) is 5.82 Å². The molecule has 1 heterocycles. The van der Waals surface area contributed by atoms with Crippen LogP contribution in [0.15, 0.2) is 6.20 Å². The third-order valence-electron chi connectivity index (χ3n) is 2.17. The minimum atomic E-state index is -0.559. The minimum absolute atomic E-state index is 0.0300. The molecule has 76 valence electrons. The van der Waals surface area contributed by atoms with Crippen LogP contribution in [-0.4, -0.2) is 16.1 Å². The fourth-order valence-corrected chi connectivity index (χ4v) is 1.15. The highest BCUT2D eigenvalue weighted by atomic mass is 19.1. The zero-order chi connectivity index (χ0) is 9.97. The van der Waals surface area contributed by atoms with Crippen molar-refractivity contribution in [3.63, 3.8) is 0 Å². The maximum atomic E-state index is 13.1. The molecular weight excluding hydrogens is 187 g/mol. The summed E-state index contributed by atoms with van der Waals surface area (Å²) in [6.07, 6.45) is 4.16. The van der Waals surface area contributed by atoms with Gasteiger partial charge in [-0.1, -0.05) is 0 Å². The molecule has 1 aliphatic carbocycles. The average Bonchev–Trinajstić information content (AvgIpc) is 2.14. The van der Waals surface area contributed by atoms with E-state index in [1.165, 1.54) is 0 Å². The molecule has 14 heavy (non-hydrogen) atoms. The summed E-state index contributed by atoms with van der Waals surface area (Å²) < 4.78 is 18.4. The molecule has 6 heteroatoms. The Bertz CT molecular complexity index is 329. The van der Waals surface area contributed by atoms with Crippen molar-refractivity contribution in [3.05, 3.63) is 12.0 Å². The summed E-state index contributed by atoms with van der Waals surface area (Å²) in [6.45, 7) is 0. The molecule has 1 aromatic rings. The van der Waals surface area contributed by atoms with E-state index in [1.54, 1.807) is 0 Å². The van der Waals surface area contributed by atoms with Crippen LogP contribution >= 0.6 is 0 Å². The number of hydrogen-bond donors (Lipinski definition) is 2. The SMILES string of the molecule is NNc1ncc(F)c(OC2CCC2)n1. The van der Waals surface area contributed by atoms with Crippen LogP contribution in [0.5, 0.6) is 5.88 Å². The number of halogens is 1. The van der Waals surface area contributed by atoms with Crippen LogP contribution in [0.25, 0.3) is 0 Å². The van der Waals surface area contributed by atoms with Gasteiger partial charge in [-0.25, -0.2) is 10.8 Å². The van der Waals surface area contributed by atoms with Crippen molar-refractivity contribution in [1.29, 1.82) is 0 Å². The van der Waals surface area contributed by atoms with E-state index in [0.29, 0.717) is 0 Å². The topological polar surface area (TPSA) is 73.1 Å². The lowest BCUT2D eigenvalue weighted by atomic mass is 9.96. The number of nitrogens with one attached hydrogen (secondary N) is 1. The van der Waals surface area contributed by atoms with E-state index in [-0.39, 0.29) is 17.9 Å². The number of rotatable bonds is 3. The van der Waals surface area contributed by atoms with Crippen molar-refractivity contribution < 1.29 is 9.13 Å². The van der Waals surface area contributed by atoms with Crippen LogP contribution in [0.2, 0.25) is 0 Å². The van der Waals surface area contributed by atoms with Gasteiger partial charge in [-0.3, -0.25) is 5.43 Å². The summed E-state index contributed by atoms with van der Waals surface area (Å²) in [6, 6.07) is 0. The quantitative estimate of drug-likeness (QED) is 0.556. The van der Waals surface area contributed by atoms with Gasteiger partial charge in [-0.05, 0) is 19.3 Å². The third-order valence-corrected chi connectivity index (χ3v) is 2.17. The monoisotopic (exact) mass is 198 g/mol. The summed E-state index contributed by atoms with van der Waals surface area (Å²) in [4.78, 5) is 7.37. The highest BCUT2D eigenvalue weighted by Gasteiger charge is 2.21. The molecule has 1 aliphatic rings. The number of hydrogen-bond acceptors (Lipinski definition) is 5. The fourth-order valence-electron chi connectivity index (χ4n) is 1.15. The van der Waals surface area contributed by atoms with Gasteiger partial charge in [0.05, 0.1) is 6.20 Å². The predicted molar refractivity (Wildman–Crippen MR) is 48.1 cm³/mol. The van der Waals surface area contributed by atoms with E-state index in [0.717, 1.165) is 25.5 Å². The zero-order valence-corrected chi connectivity index (χ0v) is 7.53. The van der Waals surface area contributed by atoms with Gasteiger partial charge in [0.15, 0.2) is 0 Å². The maximum Gasteiger partial charge on any atom is 0.255 e. The molecule has 5 nitrogen and oxygen atoms in total. The van der Waals surface area contributed by atoms with Crippen LogP contribution in [0.4, 0.5) is 10.3 Å². The molecular formula is C8H11FN4O. The van der Waals surface area contributed by atoms with Crippen LogP contribution < -0.4 is 16.0 Å². The van der Waals surface area contributed by atoms with E-state index >= 15 is 0 Å². The fraction of sp³-hybridized carbons (Fsp3) is 0.500. The van der Waals surface area contributed by atoms with Gasteiger partial charge in [0.1, 0.15) is 6.10 Å². The Balaban J connectivity index is 2.13. The van der Waals surface area contributed by atoms with Gasteiger partial charge in [-0.15, -0.1) is 0 Å². The molecule has 0 bridgehead atoms. The largest absolute Gasteiger partial charge is 0.472 e. The van der Waals surface area contributed by atoms with Crippen LogP contribution in [-0.2, 0) is 0 Å². The lowest BCUT2D eigenvalue weighted by Gasteiger charge is -2.25. The summed E-state index contributed by atoms with van der Waals surface area (Å²) in [5.41, 5.74) is 2.23. The number of nitrogens with two attached hydrogens (primary N) is 1. The Morgan fingerprint density at radius 1 is 1.57 bits per heavy atom. The molecule has 0 amide bonds. The third kappa shape index (κ3) is 1.74. The van der Waals surface area contributed by atoms with E-state index in [4.69, 9.17) is 10.6 Å². The molecule has 3 N–H and O–H groups in total. The minimum Gasteiger partial charge on any atom is -0.472 e. The first-order valence-corrected chi connectivity index (χ1v) is 4.45. The van der Waals surface area contributed by atoms with Gasteiger partial charge >= 0.3 is 0 Å². The van der Waals surface area contributed by atoms with Crippen molar-refractivity contribution in [3.8, 4) is 5.88 Å². The Morgan fingerprint density at radius 2 is 2.36 bits per heavy atom. The highest BCUT2D eigenvalue weighted by Crippen LogP contribution is 2.25. The first kappa shape index (κ1) is 9.14. The Labute approximate surface area is 80.5 Å². The van der Waals surface area contributed by atoms with Crippen molar-refractivity contribution in [2.45, 2.75) is 25.4 Å². The molecule has 0 atom stereocenters. The number of hydrazine groups is 1. The van der Waals surface area contributed by atoms with E-state index < -0.39 is 5.82 Å². The smallest absolute Gasteiger partial charge is 0.255 e. The molecule has 0 aromatic carbocycles. The molecule has 1 saturated carbocycles. The Hall–Kier alpha value is -1.43. The van der Waals surface area contributed by atoms with E-state index in [1.807, 2.05) is 0 Å². The molecule has 0 aliphatic heterocycles. The molecule has 2 rings (SSSR count). The molecule has 0 radical (unpaired) electrons. The van der Waals surface area contributed by atoms with Crippen LogP contribution in [0.3, 0.4) is 0 Å². The van der Waals surface area contributed by atoms with E-state index in [9.17, 15) is 4.39 Å². The van der Waals surface area contributed by atoms with Crippen molar-refractivity contribution >= 4 is 5.95 Å². The lowest BCUT2D eigenvalue weighted by molar-refractivity contribution is 0.109.